The molecule has 2 rings (SSSR count). The summed E-state index contributed by atoms with van der Waals surface area (Å²) >= 11 is 0. The van der Waals surface area contributed by atoms with E-state index in [9.17, 15) is 9.59 Å². The molecule has 0 saturated carbocycles. The van der Waals surface area contributed by atoms with Crippen molar-refractivity contribution in [1.29, 1.82) is 0 Å². The molecule has 1 aromatic carbocycles. The van der Waals surface area contributed by atoms with Crippen molar-refractivity contribution in [2.75, 3.05) is 32.5 Å². The third kappa shape index (κ3) is 5.39. The Kier molecular flexibility index (Phi) is 6.86. The topological polar surface area (TPSA) is 74.3 Å². The van der Waals surface area contributed by atoms with Crippen molar-refractivity contribution in [3.63, 3.8) is 0 Å². The molecule has 0 atom stereocenters. The predicted molar refractivity (Wildman–Crippen MR) is 104 cm³/mol. The molecular weight excluding hydrogens is 328 g/mol. The normalized spacial score (nSPS) is 10.8. The number of rotatable bonds is 7. The van der Waals surface area contributed by atoms with E-state index in [1.165, 1.54) is 12.4 Å². The first-order valence-corrected chi connectivity index (χ1v) is 8.66. The summed E-state index contributed by atoms with van der Waals surface area (Å²) in [6.07, 6.45) is 2.92. The molecule has 0 aliphatic heterocycles. The van der Waals surface area contributed by atoms with E-state index >= 15 is 0 Å². The maximum atomic E-state index is 12.6. The highest BCUT2D eigenvalue weighted by Gasteiger charge is 2.13. The van der Waals surface area contributed by atoms with E-state index in [1.54, 1.807) is 6.07 Å². The van der Waals surface area contributed by atoms with Crippen LogP contribution in [-0.4, -0.2) is 48.9 Å². The van der Waals surface area contributed by atoms with Gasteiger partial charge in [0, 0.05) is 31.2 Å². The third-order valence-corrected chi connectivity index (χ3v) is 3.94. The molecule has 1 aromatic heterocycles. The predicted octanol–water partition coefficient (Wildman–Crippen LogP) is 2.75. The van der Waals surface area contributed by atoms with Gasteiger partial charge in [0.15, 0.2) is 0 Å². The van der Waals surface area contributed by atoms with Gasteiger partial charge in [-0.05, 0) is 37.7 Å². The second kappa shape index (κ2) is 9.10. The summed E-state index contributed by atoms with van der Waals surface area (Å²) in [7, 11) is 3.88. The average Bonchev–Trinajstić information content (AvgIpc) is 2.61. The van der Waals surface area contributed by atoms with Crippen molar-refractivity contribution < 1.29 is 9.59 Å². The van der Waals surface area contributed by atoms with Crippen LogP contribution in [0.5, 0.6) is 0 Å². The number of para-hydroxylation sites is 1. The zero-order chi connectivity index (χ0) is 19.1. The fourth-order valence-corrected chi connectivity index (χ4v) is 2.49. The van der Waals surface area contributed by atoms with Crippen LogP contribution in [0.2, 0.25) is 0 Å². The molecule has 0 spiro atoms. The zero-order valence-corrected chi connectivity index (χ0v) is 15.7. The lowest BCUT2D eigenvalue weighted by molar-refractivity contribution is 0.0950. The molecule has 0 bridgehead atoms. The minimum absolute atomic E-state index is 0.239. The van der Waals surface area contributed by atoms with Gasteiger partial charge in [0.1, 0.15) is 0 Å². The number of pyridine rings is 1. The quantitative estimate of drug-likeness (QED) is 0.802. The van der Waals surface area contributed by atoms with E-state index in [4.69, 9.17) is 0 Å². The van der Waals surface area contributed by atoms with Crippen molar-refractivity contribution in [2.45, 2.75) is 19.8 Å². The summed E-state index contributed by atoms with van der Waals surface area (Å²) in [4.78, 5) is 30.8. The maximum absolute atomic E-state index is 12.6. The van der Waals surface area contributed by atoms with Crippen LogP contribution in [0.25, 0.3) is 0 Å². The molecule has 26 heavy (non-hydrogen) atoms. The number of amides is 2. The molecule has 2 N–H and O–H groups in total. The van der Waals surface area contributed by atoms with Gasteiger partial charge < -0.3 is 15.5 Å². The molecule has 6 nitrogen and oxygen atoms in total. The Balaban J connectivity index is 2.10. The molecule has 2 aromatic rings. The first kappa shape index (κ1) is 19.6. The summed E-state index contributed by atoms with van der Waals surface area (Å²) in [5, 5.41) is 5.73. The van der Waals surface area contributed by atoms with E-state index in [-0.39, 0.29) is 11.8 Å². The molecule has 6 heteroatoms. The van der Waals surface area contributed by atoms with Gasteiger partial charge >= 0.3 is 0 Å². The number of aromatic nitrogens is 1. The highest BCUT2D eigenvalue weighted by atomic mass is 16.2. The zero-order valence-electron chi connectivity index (χ0n) is 15.7. The second-order valence-electron chi connectivity index (χ2n) is 6.72. The molecule has 2 amide bonds. The smallest absolute Gasteiger partial charge is 0.257 e. The highest BCUT2D eigenvalue weighted by Crippen LogP contribution is 2.24. The lowest BCUT2D eigenvalue weighted by atomic mass is 10.0. The van der Waals surface area contributed by atoms with Crippen LogP contribution < -0.4 is 10.6 Å². The van der Waals surface area contributed by atoms with Crippen LogP contribution in [0, 0.1) is 0 Å². The third-order valence-electron chi connectivity index (χ3n) is 3.94. The molecule has 0 aliphatic carbocycles. The van der Waals surface area contributed by atoms with Crippen LogP contribution in [0.3, 0.4) is 0 Å². The van der Waals surface area contributed by atoms with Gasteiger partial charge in [-0.25, -0.2) is 0 Å². The number of anilines is 1. The van der Waals surface area contributed by atoms with Crippen molar-refractivity contribution in [3.05, 3.63) is 59.4 Å². The van der Waals surface area contributed by atoms with Crippen LogP contribution in [0.4, 0.5) is 5.69 Å². The monoisotopic (exact) mass is 354 g/mol. The number of hydrogen-bond acceptors (Lipinski definition) is 4. The summed E-state index contributed by atoms with van der Waals surface area (Å²) < 4.78 is 0. The Hall–Kier alpha value is -2.73. The SMILES string of the molecule is CC(C)c1ccccc1NC(=O)c1cncc(C(=O)NCCN(C)C)c1. The van der Waals surface area contributed by atoms with Gasteiger partial charge in [-0.3, -0.25) is 14.6 Å². The molecule has 138 valence electrons. The van der Waals surface area contributed by atoms with Crippen LogP contribution >= 0.6 is 0 Å². The lowest BCUT2D eigenvalue weighted by Crippen LogP contribution is -2.31. The molecule has 1 heterocycles. The number of carbonyl (C=O) groups is 2. The highest BCUT2D eigenvalue weighted by molar-refractivity contribution is 6.06. The largest absolute Gasteiger partial charge is 0.351 e. The van der Waals surface area contributed by atoms with E-state index < -0.39 is 0 Å². The first-order chi connectivity index (χ1) is 12.4. The average molecular weight is 354 g/mol. The van der Waals surface area contributed by atoms with Crippen molar-refractivity contribution in [2.24, 2.45) is 0 Å². The lowest BCUT2D eigenvalue weighted by Gasteiger charge is -2.14. The van der Waals surface area contributed by atoms with Crippen LogP contribution in [0.1, 0.15) is 46.0 Å². The Morgan fingerprint density at radius 1 is 1.08 bits per heavy atom. The molecule has 0 aliphatic rings. The van der Waals surface area contributed by atoms with Gasteiger partial charge in [-0.1, -0.05) is 32.0 Å². The Bertz CT molecular complexity index is 772. The number of nitrogens with one attached hydrogen (secondary N) is 2. The van der Waals surface area contributed by atoms with E-state index in [2.05, 4.69) is 29.5 Å². The standard InChI is InChI=1S/C20H26N4O2/c1-14(2)17-7-5-6-8-18(17)23-20(26)16-11-15(12-21-13-16)19(25)22-9-10-24(3)4/h5-8,11-14H,9-10H2,1-4H3,(H,22,25)(H,23,26). The van der Waals surface area contributed by atoms with Gasteiger partial charge in [0.05, 0.1) is 11.1 Å². The molecule has 0 saturated heterocycles. The van der Waals surface area contributed by atoms with Crippen molar-refractivity contribution in [1.82, 2.24) is 15.2 Å². The summed E-state index contributed by atoms with van der Waals surface area (Å²) in [6, 6.07) is 9.26. The molecular formula is C20H26N4O2. The number of nitrogens with zero attached hydrogens (tertiary/aromatic N) is 2. The Labute approximate surface area is 154 Å². The van der Waals surface area contributed by atoms with Crippen LogP contribution in [0.15, 0.2) is 42.7 Å². The number of carbonyl (C=O) groups excluding carboxylic acids is 2. The van der Waals surface area contributed by atoms with Gasteiger partial charge in [-0.15, -0.1) is 0 Å². The second-order valence-corrected chi connectivity index (χ2v) is 6.72. The fourth-order valence-electron chi connectivity index (χ4n) is 2.49. The Morgan fingerprint density at radius 2 is 1.73 bits per heavy atom. The van der Waals surface area contributed by atoms with Gasteiger partial charge in [-0.2, -0.15) is 0 Å². The number of likely N-dealkylation sites (N-methyl/N-ethyl adjacent to an activating group) is 1. The molecule has 0 unspecified atom stereocenters. The Morgan fingerprint density at radius 3 is 2.38 bits per heavy atom. The van der Waals surface area contributed by atoms with E-state index in [0.717, 1.165) is 17.8 Å². The van der Waals surface area contributed by atoms with E-state index in [1.807, 2.05) is 43.3 Å². The van der Waals surface area contributed by atoms with Gasteiger partial charge in [0.25, 0.3) is 11.8 Å². The summed E-state index contributed by atoms with van der Waals surface area (Å²) in [5.74, 6) is -0.233. The van der Waals surface area contributed by atoms with Gasteiger partial charge in [0.2, 0.25) is 0 Å². The fraction of sp³-hybridized carbons (Fsp3) is 0.350. The maximum Gasteiger partial charge on any atom is 0.257 e. The molecule has 0 radical (unpaired) electrons. The number of benzene rings is 1. The minimum Gasteiger partial charge on any atom is -0.351 e. The van der Waals surface area contributed by atoms with Crippen molar-refractivity contribution >= 4 is 17.5 Å². The first-order valence-electron chi connectivity index (χ1n) is 8.66. The molecule has 0 fully saturated rings. The van der Waals surface area contributed by atoms with E-state index in [0.29, 0.717) is 23.6 Å². The summed E-state index contributed by atoms with van der Waals surface area (Å²) in [5.41, 5.74) is 2.55. The summed E-state index contributed by atoms with van der Waals surface area (Å²) in [6.45, 7) is 5.42. The minimum atomic E-state index is -0.284. The van der Waals surface area contributed by atoms with Crippen molar-refractivity contribution in [3.8, 4) is 0 Å². The number of hydrogen-bond donors (Lipinski definition) is 2. The van der Waals surface area contributed by atoms with Crippen LogP contribution in [-0.2, 0) is 0 Å².